The van der Waals surface area contributed by atoms with Crippen LogP contribution in [0, 0.1) is 13.8 Å². The average molecular weight is 425 g/mol. The van der Waals surface area contributed by atoms with E-state index in [0.717, 1.165) is 9.75 Å². The predicted octanol–water partition coefficient (Wildman–Crippen LogP) is 2.16. The summed E-state index contributed by atoms with van der Waals surface area (Å²) in [5, 5.41) is 7.45. The van der Waals surface area contributed by atoms with Gasteiger partial charge in [-0.3, -0.25) is 14.4 Å². The number of amides is 1. The Balaban J connectivity index is 1.77. The number of hydrogen-bond acceptors (Lipinski definition) is 7. The van der Waals surface area contributed by atoms with Crippen LogP contribution in [0.5, 0.6) is 0 Å². The second-order valence-electron chi connectivity index (χ2n) is 6.03. The van der Waals surface area contributed by atoms with Crippen molar-refractivity contribution in [1.82, 2.24) is 0 Å². The lowest BCUT2D eigenvalue weighted by Crippen LogP contribution is -2.21. The maximum absolute atomic E-state index is 12.1. The van der Waals surface area contributed by atoms with Crippen molar-refractivity contribution in [2.45, 2.75) is 31.6 Å². The van der Waals surface area contributed by atoms with Crippen molar-refractivity contribution in [3.8, 4) is 0 Å². The molecule has 28 heavy (non-hydrogen) atoms. The highest BCUT2D eigenvalue weighted by Crippen LogP contribution is 2.22. The summed E-state index contributed by atoms with van der Waals surface area (Å²) in [6.07, 6.45) is -0.115. The lowest BCUT2D eigenvalue weighted by Gasteiger charge is -2.07. The fourth-order valence-electron chi connectivity index (χ4n) is 2.40. The third-order valence-corrected chi connectivity index (χ3v) is 5.62. The average Bonchev–Trinajstić information content (AvgIpc) is 2.96. The molecule has 0 saturated carbocycles. The SMILES string of the molecule is Cc1cc(C(=O)CCC(=O)OCC(=O)Nc2ccc(S(N)(=O)=O)cc2)c(C)s1. The number of hydrogen-bond donors (Lipinski definition) is 2. The van der Waals surface area contributed by atoms with Crippen LogP contribution in [-0.2, 0) is 24.3 Å². The van der Waals surface area contributed by atoms with Crippen LogP contribution in [0.25, 0.3) is 0 Å². The summed E-state index contributed by atoms with van der Waals surface area (Å²) in [5.74, 6) is -1.39. The number of carbonyl (C=O) groups is 3. The molecule has 0 aliphatic carbocycles. The Morgan fingerprint density at radius 3 is 2.29 bits per heavy atom. The number of esters is 1. The van der Waals surface area contributed by atoms with E-state index in [4.69, 9.17) is 9.88 Å². The summed E-state index contributed by atoms with van der Waals surface area (Å²) < 4.78 is 27.2. The molecule has 0 aliphatic rings. The fraction of sp³-hybridized carbons (Fsp3) is 0.278. The number of ether oxygens (including phenoxy) is 1. The maximum Gasteiger partial charge on any atom is 0.306 e. The molecule has 150 valence electrons. The Bertz CT molecular complexity index is 994. The molecule has 0 spiro atoms. The van der Waals surface area contributed by atoms with Gasteiger partial charge in [-0.2, -0.15) is 0 Å². The molecule has 1 aromatic heterocycles. The largest absolute Gasteiger partial charge is 0.456 e. The number of thiophene rings is 1. The molecule has 1 amide bonds. The zero-order chi connectivity index (χ0) is 20.9. The number of nitrogens with two attached hydrogens (primary N) is 1. The van der Waals surface area contributed by atoms with Gasteiger partial charge in [0.1, 0.15) is 0 Å². The highest BCUT2D eigenvalue weighted by Gasteiger charge is 2.15. The predicted molar refractivity (Wildman–Crippen MR) is 105 cm³/mol. The number of benzene rings is 1. The van der Waals surface area contributed by atoms with Crippen LogP contribution in [0.2, 0.25) is 0 Å². The van der Waals surface area contributed by atoms with Crippen molar-refractivity contribution in [3.05, 3.63) is 45.6 Å². The molecular weight excluding hydrogens is 404 g/mol. The number of carbonyl (C=O) groups excluding carboxylic acids is 3. The first-order valence-corrected chi connectivity index (χ1v) is 10.6. The molecule has 0 unspecified atom stereocenters. The highest BCUT2D eigenvalue weighted by molar-refractivity contribution is 7.89. The van der Waals surface area contributed by atoms with E-state index >= 15 is 0 Å². The van der Waals surface area contributed by atoms with E-state index < -0.39 is 28.5 Å². The van der Waals surface area contributed by atoms with E-state index in [0.29, 0.717) is 11.3 Å². The number of anilines is 1. The van der Waals surface area contributed by atoms with E-state index in [-0.39, 0.29) is 23.5 Å². The van der Waals surface area contributed by atoms with Gasteiger partial charge in [-0.05, 0) is 44.2 Å². The van der Waals surface area contributed by atoms with Gasteiger partial charge in [-0.1, -0.05) is 0 Å². The normalized spacial score (nSPS) is 11.1. The van der Waals surface area contributed by atoms with Crippen LogP contribution in [0.1, 0.15) is 33.0 Å². The minimum absolute atomic E-state index is 0.00644. The van der Waals surface area contributed by atoms with Gasteiger partial charge in [0, 0.05) is 27.4 Å². The first kappa shape index (κ1) is 21.7. The van der Waals surface area contributed by atoms with Crippen LogP contribution < -0.4 is 10.5 Å². The Morgan fingerprint density at radius 1 is 1.11 bits per heavy atom. The van der Waals surface area contributed by atoms with Crippen LogP contribution in [0.3, 0.4) is 0 Å². The number of Topliss-reactive ketones (excluding diaryl/α,β-unsaturated/α-hetero) is 1. The first-order chi connectivity index (χ1) is 13.1. The second-order valence-corrected chi connectivity index (χ2v) is 9.05. The standard InChI is InChI=1S/C18H20N2O6S2/c1-11-9-15(12(2)27-11)16(21)7-8-18(23)26-10-17(22)20-13-3-5-14(6-4-13)28(19,24)25/h3-6,9H,7-8,10H2,1-2H3,(H,20,22)(H2,19,24,25). The summed E-state index contributed by atoms with van der Waals surface area (Å²) in [4.78, 5) is 37.5. The zero-order valence-corrected chi connectivity index (χ0v) is 17.0. The number of sulfonamides is 1. The minimum Gasteiger partial charge on any atom is -0.456 e. The van der Waals surface area contributed by atoms with E-state index in [1.807, 2.05) is 13.8 Å². The van der Waals surface area contributed by atoms with Crippen molar-refractivity contribution in [2.75, 3.05) is 11.9 Å². The van der Waals surface area contributed by atoms with Gasteiger partial charge in [-0.15, -0.1) is 11.3 Å². The Kier molecular flexibility index (Phi) is 7.05. The second kappa shape index (κ2) is 9.09. The van der Waals surface area contributed by atoms with Gasteiger partial charge in [0.15, 0.2) is 12.4 Å². The number of ketones is 1. The zero-order valence-electron chi connectivity index (χ0n) is 15.4. The van der Waals surface area contributed by atoms with Gasteiger partial charge >= 0.3 is 5.97 Å². The van der Waals surface area contributed by atoms with Gasteiger partial charge in [-0.25, -0.2) is 13.6 Å². The summed E-state index contributed by atoms with van der Waals surface area (Å²) in [6.45, 7) is 3.24. The fourth-order valence-corrected chi connectivity index (χ4v) is 3.86. The van der Waals surface area contributed by atoms with Gasteiger partial charge in [0.25, 0.3) is 5.91 Å². The number of nitrogens with one attached hydrogen (secondary N) is 1. The number of primary sulfonamides is 1. The lowest BCUT2D eigenvalue weighted by molar-refractivity contribution is -0.147. The third-order valence-electron chi connectivity index (χ3n) is 3.73. The van der Waals surface area contributed by atoms with Crippen molar-refractivity contribution in [3.63, 3.8) is 0 Å². The van der Waals surface area contributed by atoms with Crippen molar-refractivity contribution >= 4 is 44.7 Å². The van der Waals surface area contributed by atoms with E-state index in [1.165, 1.54) is 35.6 Å². The molecule has 0 fully saturated rings. The molecule has 0 saturated heterocycles. The van der Waals surface area contributed by atoms with Crippen LogP contribution in [-0.4, -0.2) is 32.7 Å². The summed E-state index contributed by atoms with van der Waals surface area (Å²) in [6, 6.07) is 7.02. The third kappa shape index (κ3) is 6.25. The van der Waals surface area contributed by atoms with E-state index in [1.54, 1.807) is 6.07 Å². The molecule has 1 heterocycles. The highest BCUT2D eigenvalue weighted by atomic mass is 32.2. The van der Waals surface area contributed by atoms with Gasteiger partial charge < -0.3 is 10.1 Å². The molecule has 8 nitrogen and oxygen atoms in total. The molecule has 2 rings (SSSR count). The topological polar surface area (TPSA) is 133 Å². The molecule has 1 aromatic carbocycles. The Labute approximate surface area is 166 Å². The lowest BCUT2D eigenvalue weighted by atomic mass is 10.1. The molecule has 0 radical (unpaired) electrons. The quantitative estimate of drug-likeness (QED) is 0.493. The van der Waals surface area contributed by atoms with Crippen molar-refractivity contribution in [2.24, 2.45) is 5.14 Å². The maximum atomic E-state index is 12.1. The smallest absolute Gasteiger partial charge is 0.306 e. The Morgan fingerprint density at radius 2 is 1.75 bits per heavy atom. The van der Waals surface area contributed by atoms with Crippen LogP contribution in [0.15, 0.2) is 35.2 Å². The van der Waals surface area contributed by atoms with Gasteiger partial charge in [0.05, 0.1) is 11.3 Å². The van der Waals surface area contributed by atoms with E-state index in [9.17, 15) is 22.8 Å². The van der Waals surface area contributed by atoms with Gasteiger partial charge in [0.2, 0.25) is 10.0 Å². The molecule has 10 heteroatoms. The van der Waals surface area contributed by atoms with Crippen molar-refractivity contribution in [1.29, 1.82) is 0 Å². The molecule has 2 aromatic rings. The minimum atomic E-state index is -3.81. The molecule has 0 bridgehead atoms. The molecular formula is C18H20N2O6S2. The first-order valence-electron chi connectivity index (χ1n) is 8.25. The number of rotatable bonds is 8. The molecule has 0 aliphatic heterocycles. The van der Waals surface area contributed by atoms with Crippen molar-refractivity contribution < 1.29 is 27.5 Å². The monoisotopic (exact) mass is 424 g/mol. The van der Waals surface area contributed by atoms with Crippen LogP contribution in [0.4, 0.5) is 5.69 Å². The molecule has 0 atom stereocenters. The Hall–Kier alpha value is -2.56. The number of aryl methyl sites for hydroxylation is 2. The summed E-state index contributed by atoms with van der Waals surface area (Å²) >= 11 is 1.52. The molecule has 3 N–H and O–H groups in total. The summed E-state index contributed by atoms with van der Waals surface area (Å²) in [5.41, 5.74) is 0.933. The van der Waals surface area contributed by atoms with E-state index in [2.05, 4.69) is 5.32 Å². The summed E-state index contributed by atoms with van der Waals surface area (Å²) in [7, 11) is -3.81. The van der Waals surface area contributed by atoms with Crippen LogP contribution >= 0.6 is 11.3 Å².